The van der Waals surface area contributed by atoms with E-state index in [0.717, 1.165) is 21.4 Å². The fourth-order valence-corrected chi connectivity index (χ4v) is 4.69. The van der Waals surface area contributed by atoms with Crippen molar-refractivity contribution in [2.75, 3.05) is 21.3 Å². The number of methoxy groups -OCH3 is 3. The van der Waals surface area contributed by atoms with Crippen molar-refractivity contribution in [2.45, 2.75) is 39.7 Å². The Morgan fingerprint density at radius 1 is 0.941 bits per heavy atom. The van der Waals surface area contributed by atoms with E-state index in [1.165, 1.54) is 20.3 Å². The van der Waals surface area contributed by atoms with Gasteiger partial charge in [0.25, 0.3) is 0 Å². The quantitative estimate of drug-likeness (QED) is 0.108. The van der Waals surface area contributed by atoms with Gasteiger partial charge in [-0.1, -0.05) is 58.1 Å². The molecule has 184 valence electrons. The van der Waals surface area contributed by atoms with Crippen LogP contribution in [0, 0.1) is 11.8 Å². The van der Waals surface area contributed by atoms with Crippen LogP contribution in [-0.4, -0.2) is 43.4 Å². The summed E-state index contributed by atoms with van der Waals surface area (Å²) in [6, 6.07) is 0. The number of carbonyl (C=O) groups excluding carboxylic acids is 1. The summed E-state index contributed by atoms with van der Waals surface area (Å²) in [4.78, 5) is 21.1. The second kappa shape index (κ2) is 14.0. The number of nitrogens with zero attached hydrogens (tertiary/aromatic N) is 2. The molecular weight excluding hydrogens is 471 g/mol. The van der Waals surface area contributed by atoms with Crippen molar-refractivity contribution < 1.29 is 19.0 Å². The molecule has 0 unspecified atom stereocenters. The van der Waals surface area contributed by atoms with Gasteiger partial charge >= 0.3 is 5.97 Å². The zero-order valence-corrected chi connectivity index (χ0v) is 22.5. The van der Waals surface area contributed by atoms with Gasteiger partial charge in [0.1, 0.15) is 16.5 Å². The molecule has 2 heterocycles. The fourth-order valence-electron chi connectivity index (χ4n) is 3.03. The maximum atomic E-state index is 11.6. The van der Waals surface area contributed by atoms with Crippen molar-refractivity contribution in [2.24, 2.45) is 11.8 Å². The Labute approximate surface area is 210 Å². The molecule has 0 aliphatic heterocycles. The number of rotatable bonds is 12. The lowest BCUT2D eigenvalue weighted by atomic mass is 10.0. The van der Waals surface area contributed by atoms with E-state index in [0.29, 0.717) is 11.7 Å². The first-order valence-electron chi connectivity index (χ1n) is 11.1. The standard InChI is InChI=1S/C26H34N2O4S2/c1-17(2)10-8-9-11-18(3)25-28-21(16-34-25)26-27-20(15-33-26)12-13-22(30-5)19(4)23(31-6)14-24(29)32-7/h8-19,22H,1-7H3/b10-8+,11-9+,13-12+,23-14+/t18-,19+,22-/m0/s1/i5+1,6+1,7+1. The molecule has 0 spiro atoms. The number of aromatic nitrogens is 2. The molecule has 0 radical (unpaired) electrons. The number of hydrogen-bond acceptors (Lipinski definition) is 8. The lowest BCUT2D eigenvalue weighted by molar-refractivity contribution is -0.135. The summed E-state index contributed by atoms with van der Waals surface area (Å²) in [5.74, 6) is 0.618. The SMILES string of the molecule is CC(C)/C=C/C=C/[C@H](C)c1nc(-c2nc(/C=C/[C@H](O[13CH3])[C@@H](C)/C(=C\C(=O)O[13CH3])O[13CH3])cs2)cs1. The van der Waals surface area contributed by atoms with Gasteiger partial charge in [-0.05, 0) is 12.0 Å². The summed E-state index contributed by atoms with van der Waals surface area (Å²) in [6.07, 6.45) is 13.4. The number of ether oxygens (including phenoxy) is 3. The molecule has 0 amide bonds. The molecule has 0 saturated carbocycles. The minimum atomic E-state index is -0.467. The van der Waals surface area contributed by atoms with Gasteiger partial charge in [0.05, 0.1) is 37.1 Å². The van der Waals surface area contributed by atoms with Crippen LogP contribution in [0.3, 0.4) is 0 Å². The molecule has 34 heavy (non-hydrogen) atoms. The molecule has 3 atom stereocenters. The molecule has 0 N–H and O–H groups in total. The number of hydrogen-bond donors (Lipinski definition) is 0. The molecule has 8 heteroatoms. The second-order valence-electron chi connectivity index (χ2n) is 8.07. The van der Waals surface area contributed by atoms with Crippen molar-refractivity contribution in [1.29, 1.82) is 0 Å². The Balaban J connectivity index is 2.09. The van der Waals surface area contributed by atoms with Gasteiger partial charge in [-0.15, -0.1) is 22.7 Å². The third kappa shape index (κ3) is 8.34. The first kappa shape index (κ1) is 27.7. The summed E-state index contributed by atoms with van der Waals surface area (Å²) in [5, 5.41) is 5.99. The van der Waals surface area contributed by atoms with Gasteiger partial charge in [0, 0.05) is 29.7 Å². The zero-order valence-electron chi connectivity index (χ0n) is 20.8. The fraction of sp³-hybridized carbons (Fsp3) is 0.423. The molecule has 0 saturated heterocycles. The first-order chi connectivity index (χ1) is 16.3. The van der Waals surface area contributed by atoms with Gasteiger partial charge in [0.2, 0.25) is 0 Å². The molecule has 0 bridgehead atoms. The van der Waals surface area contributed by atoms with E-state index in [1.807, 2.05) is 24.5 Å². The number of thiazole rings is 2. The van der Waals surface area contributed by atoms with Crippen LogP contribution in [0.15, 0.2) is 53.0 Å². The first-order valence-corrected chi connectivity index (χ1v) is 12.9. The van der Waals surface area contributed by atoms with Crippen molar-refractivity contribution >= 4 is 34.7 Å². The molecule has 0 aliphatic carbocycles. The van der Waals surface area contributed by atoms with E-state index < -0.39 is 5.97 Å². The summed E-state index contributed by atoms with van der Waals surface area (Å²) >= 11 is 3.21. The van der Waals surface area contributed by atoms with E-state index in [-0.39, 0.29) is 17.9 Å². The molecule has 2 aromatic rings. The van der Waals surface area contributed by atoms with E-state index in [2.05, 4.69) is 50.5 Å². The molecule has 2 aromatic heterocycles. The van der Waals surface area contributed by atoms with Gasteiger partial charge in [-0.3, -0.25) is 0 Å². The Morgan fingerprint density at radius 2 is 1.68 bits per heavy atom. The summed E-state index contributed by atoms with van der Waals surface area (Å²) in [6.45, 7) is 8.39. The Morgan fingerprint density at radius 3 is 2.32 bits per heavy atom. The maximum absolute atomic E-state index is 11.6. The topological polar surface area (TPSA) is 70.5 Å². The highest BCUT2D eigenvalue weighted by Crippen LogP contribution is 2.30. The van der Waals surface area contributed by atoms with Crippen LogP contribution in [0.25, 0.3) is 16.8 Å². The minimum Gasteiger partial charge on any atom is -0.500 e. The lowest BCUT2D eigenvalue weighted by Gasteiger charge is -2.21. The largest absolute Gasteiger partial charge is 0.500 e. The van der Waals surface area contributed by atoms with Gasteiger partial charge in [-0.2, -0.15) is 0 Å². The predicted molar refractivity (Wildman–Crippen MR) is 141 cm³/mol. The van der Waals surface area contributed by atoms with Gasteiger partial charge < -0.3 is 14.2 Å². The molecule has 0 fully saturated rings. The Kier molecular flexibility index (Phi) is 11.4. The minimum absolute atomic E-state index is 0.186. The van der Waals surface area contributed by atoms with Crippen LogP contribution < -0.4 is 0 Å². The average Bonchev–Trinajstić information content (AvgIpc) is 3.50. The lowest BCUT2D eigenvalue weighted by Crippen LogP contribution is -2.21. The highest BCUT2D eigenvalue weighted by Gasteiger charge is 2.21. The van der Waals surface area contributed by atoms with E-state index >= 15 is 0 Å². The zero-order chi connectivity index (χ0) is 25.1. The van der Waals surface area contributed by atoms with Crippen LogP contribution in [0.5, 0.6) is 0 Å². The average molecular weight is 506 g/mol. The summed E-state index contributed by atoms with van der Waals surface area (Å²) < 4.78 is 15.7. The van der Waals surface area contributed by atoms with Crippen molar-refractivity contribution in [3.63, 3.8) is 0 Å². The number of carbonyl (C=O) groups is 1. The van der Waals surface area contributed by atoms with Gasteiger partial charge in [-0.25, -0.2) is 14.8 Å². The van der Waals surface area contributed by atoms with Gasteiger partial charge in [0.15, 0.2) is 0 Å². The predicted octanol–water partition coefficient (Wildman–Crippen LogP) is 6.51. The second-order valence-corrected chi connectivity index (χ2v) is 9.82. The molecule has 2 rings (SSSR count). The normalized spacial score (nSPS) is 15.5. The maximum Gasteiger partial charge on any atom is 0.333 e. The van der Waals surface area contributed by atoms with Crippen LogP contribution >= 0.6 is 22.7 Å². The van der Waals surface area contributed by atoms with Crippen LogP contribution in [0.2, 0.25) is 0 Å². The molecule has 6 nitrogen and oxygen atoms in total. The molecular formula is C26H34N2O4S2. The smallest absolute Gasteiger partial charge is 0.333 e. The van der Waals surface area contributed by atoms with Crippen molar-refractivity contribution in [3.05, 3.63) is 63.7 Å². The van der Waals surface area contributed by atoms with Crippen molar-refractivity contribution in [1.82, 2.24) is 9.97 Å². The van der Waals surface area contributed by atoms with Crippen LogP contribution in [0.4, 0.5) is 0 Å². The Bertz CT molecular complexity index is 1030. The van der Waals surface area contributed by atoms with E-state index in [4.69, 9.17) is 24.2 Å². The monoisotopic (exact) mass is 505 g/mol. The highest BCUT2D eigenvalue weighted by molar-refractivity contribution is 7.14. The number of esters is 1. The highest BCUT2D eigenvalue weighted by atomic mass is 32.1. The van der Waals surface area contributed by atoms with Crippen LogP contribution in [-0.2, 0) is 19.0 Å². The van der Waals surface area contributed by atoms with Crippen LogP contribution in [0.1, 0.15) is 44.3 Å². The summed E-state index contributed by atoms with van der Waals surface area (Å²) in [7, 11) is 4.47. The molecule has 0 aliphatic rings. The molecule has 0 aromatic carbocycles. The van der Waals surface area contributed by atoms with E-state index in [9.17, 15) is 4.79 Å². The third-order valence-electron chi connectivity index (χ3n) is 5.03. The third-order valence-corrected chi connectivity index (χ3v) is 6.96. The van der Waals surface area contributed by atoms with E-state index in [1.54, 1.807) is 29.8 Å². The Hall–Kier alpha value is -2.55. The summed E-state index contributed by atoms with van der Waals surface area (Å²) in [5.41, 5.74) is 1.72. The number of allylic oxidation sites excluding steroid dienone is 4. The van der Waals surface area contributed by atoms with Crippen molar-refractivity contribution in [3.8, 4) is 10.7 Å².